The van der Waals surface area contributed by atoms with Gasteiger partial charge in [0.2, 0.25) is 0 Å². The van der Waals surface area contributed by atoms with Crippen molar-refractivity contribution in [3.8, 4) is 22.8 Å². The molecule has 3 heterocycles. The first-order valence-corrected chi connectivity index (χ1v) is 5.60. The molecule has 7 nitrogen and oxygen atoms in total. The van der Waals surface area contributed by atoms with E-state index in [0.29, 0.717) is 17.0 Å². The monoisotopic (exact) mass is 251 g/mol. The topological polar surface area (TPSA) is 96.3 Å². The van der Waals surface area contributed by atoms with Crippen molar-refractivity contribution >= 4 is 11.0 Å². The van der Waals surface area contributed by atoms with Crippen molar-refractivity contribution in [2.24, 2.45) is 0 Å². The quantitative estimate of drug-likeness (QED) is 0.566. The predicted octanol–water partition coefficient (Wildman–Crippen LogP) is 1.80. The third-order valence-corrected chi connectivity index (χ3v) is 2.87. The van der Waals surface area contributed by atoms with Crippen molar-refractivity contribution in [3.63, 3.8) is 0 Å². The van der Waals surface area contributed by atoms with Crippen LogP contribution in [0.15, 0.2) is 35.0 Å². The Balaban J connectivity index is 2.07. The number of hydrogen-bond donors (Lipinski definition) is 2. The number of rotatable bonds is 2. The van der Waals surface area contributed by atoms with E-state index >= 15 is 0 Å². The lowest BCUT2D eigenvalue weighted by Gasteiger charge is -2.00. The highest BCUT2D eigenvalue weighted by atomic mass is 16.3. The molecule has 0 atom stereocenters. The molecule has 0 aliphatic heterocycles. The molecule has 0 amide bonds. The van der Waals surface area contributed by atoms with E-state index in [9.17, 15) is 0 Å². The Kier molecular flexibility index (Phi) is 1.99. The van der Waals surface area contributed by atoms with Crippen molar-refractivity contribution in [2.45, 2.75) is 0 Å². The summed E-state index contributed by atoms with van der Waals surface area (Å²) in [5.74, 6) is 1.27. The van der Waals surface area contributed by atoms with Crippen molar-refractivity contribution in [1.29, 1.82) is 0 Å². The molecule has 1 radical (unpaired) electrons. The Hall–Kier alpha value is -2.96. The van der Waals surface area contributed by atoms with Crippen LogP contribution >= 0.6 is 0 Å². The molecule has 2 N–H and O–H groups in total. The third kappa shape index (κ3) is 1.45. The van der Waals surface area contributed by atoms with E-state index in [-0.39, 0.29) is 0 Å². The minimum atomic E-state index is 0.512. The smallest absolute Gasteiger partial charge is 0.184 e. The van der Waals surface area contributed by atoms with Gasteiger partial charge >= 0.3 is 0 Å². The van der Waals surface area contributed by atoms with Crippen LogP contribution < -0.4 is 0 Å². The van der Waals surface area contributed by atoms with Gasteiger partial charge in [0, 0.05) is 23.3 Å². The molecule has 4 aromatic rings. The lowest BCUT2D eigenvalue weighted by molar-refractivity contribution is 0.607. The van der Waals surface area contributed by atoms with Crippen molar-refractivity contribution < 1.29 is 4.42 Å². The number of aromatic nitrogens is 6. The fraction of sp³-hybridized carbons (Fsp3) is 0. The fourth-order valence-electron chi connectivity index (χ4n) is 2.07. The van der Waals surface area contributed by atoms with Crippen molar-refractivity contribution in [3.05, 3.63) is 36.9 Å². The molecule has 0 aliphatic rings. The van der Waals surface area contributed by atoms with E-state index in [1.54, 1.807) is 12.4 Å². The molecule has 0 saturated carbocycles. The average molecular weight is 251 g/mol. The molecule has 3 aromatic heterocycles. The maximum atomic E-state index is 5.43. The van der Waals surface area contributed by atoms with Gasteiger partial charge in [0.05, 0.1) is 5.56 Å². The highest BCUT2D eigenvalue weighted by Crippen LogP contribution is 2.34. The molecule has 7 heteroatoms. The second-order valence-corrected chi connectivity index (χ2v) is 3.95. The van der Waals surface area contributed by atoms with E-state index in [4.69, 9.17) is 4.42 Å². The molecule has 1 aromatic carbocycles. The fourth-order valence-corrected chi connectivity index (χ4v) is 2.07. The van der Waals surface area contributed by atoms with Gasteiger partial charge in [-0.3, -0.25) is 0 Å². The van der Waals surface area contributed by atoms with Crippen LogP contribution in [0.3, 0.4) is 0 Å². The number of tetrazole rings is 1. The molecular formula is C12H7N6O. The summed E-state index contributed by atoms with van der Waals surface area (Å²) in [6.45, 7) is 0. The molecule has 4 rings (SSSR count). The van der Waals surface area contributed by atoms with E-state index in [1.807, 2.05) is 18.2 Å². The number of aromatic amines is 2. The summed E-state index contributed by atoms with van der Waals surface area (Å²) in [4.78, 5) is 7.35. The largest absolute Gasteiger partial charge is 0.452 e. The number of nitrogens with zero attached hydrogens (tertiary/aromatic N) is 4. The van der Waals surface area contributed by atoms with Crippen LogP contribution in [-0.2, 0) is 0 Å². The Labute approximate surface area is 106 Å². The zero-order valence-electron chi connectivity index (χ0n) is 9.58. The highest BCUT2D eigenvalue weighted by Gasteiger charge is 2.17. The molecule has 0 spiro atoms. The van der Waals surface area contributed by atoms with Gasteiger partial charge in [-0.05, 0) is 16.5 Å². The highest BCUT2D eigenvalue weighted by molar-refractivity contribution is 6.01. The summed E-state index contributed by atoms with van der Waals surface area (Å²) >= 11 is 0. The lowest BCUT2D eigenvalue weighted by Crippen LogP contribution is -1.85. The minimum absolute atomic E-state index is 0.512. The second kappa shape index (κ2) is 3.77. The normalized spacial score (nSPS) is 11.2. The Morgan fingerprint density at radius 3 is 3.00 bits per heavy atom. The van der Waals surface area contributed by atoms with Crippen LogP contribution in [0, 0.1) is 6.26 Å². The van der Waals surface area contributed by atoms with Crippen LogP contribution in [-0.4, -0.2) is 30.6 Å². The number of benzene rings is 1. The maximum absolute atomic E-state index is 5.43. The van der Waals surface area contributed by atoms with E-state index in [2.05, 4.69) is 36.9 Å². The number of furan rings is 1. The zero-order chi connectivity index (χ0) is 12.7. The number of nitrogens with one attached hydrogen (secondary N) is 2. The van der Waals surface area contributed by atoms with Crippen LogP contribution in [0.2, 0.25) is 0 Å². The van der Waals surface area contributed by atoms with E-state index in [0.717, 1.165) is 16.8 Å². The lowest BCUT2D eigenvalue weighted by atomic mass is 10.1. The first-order valence-electron chi connectivity index (χ1n) is 5.60. The van der Waals surface area contributed by atoms with Crippen LogP contribution in [0.5, 0.6) is 0 Å². The Morgan fingerprint density at radius 1 is 1.21 bits per heavy atom. The first-order chi connectivity index (χ1) is 9.43. The summed E-state index contributed by atoms with van der Waals surface area (Å²) in [6.07, 6.45) is 6.30. The molecular weight excluding hydrogens is 244 g/mol. The number of hydrogen-bond acceptors (Lipinski definition) is 5. The molecule has 0 saturated heterocycles. The van der Waals surface area contributed by atoms with Gasteiger partial charge < -0.3 is 9.40 Å². The summed E-state index contributed by atoms with van der Waals surface area (Å²) in [5, 5.41) is 14.6. The predicted molar refractivity (Wildman–Crippen MR) is 65.8 cm³/mol. The second-order valence-electron chi connectivity index (χ2n) is 3.95. The molecule has 19 heavy (non-hydrogen) atoms. The Bertz CT molecular complexity index is 815. The van der Waals surface area contributed by atoms with E-state index in [1.165, 1.54) is 0 Å². The average Bonchev–Trinajstić information content (AvgIpc) is 3.18. The van der Waals surface area contributed by atoms with Gasteiger partial charge in [-0.15, -0.1) is 5.10 Å². The first kappa shape index (κ1) is 10.0. The number of H-pyrrole nitrogens is 2. The van der Waals surface area contributed by atoms with Gasteiger partial charge in [-0.1, -0.05) is 12.1 Å². The van der Waals surface area contributed by atoms with Crippen LogP contribution in [0.1, 0.15) is 0 Å². The Morgan fingerprint density at radius 2 is 2.21 bits per heavy atom. The number of fused-ring (bicyclic) bond motifs is 1. The standard InChI is InChI=1S/C12H7N6O/c1-2-7(11-13-4-5-14-11)10-8(6-19-9(10)3-1)12-15-17-18-16-12/h1-5H,(H,13,14)(H,15,16,17,18). The van der Waals surface area contributed by atoms with Crippen LogP contribution in [0.4, 0.5) is 0 Å². The van der Waals surface area contributed by atoms with Gasteiger partial charge in [0.25, 0.3) is 0 Å². The van der Waals surface area contributed by atoms with Gasteiger partial charge in [-0.25, -0.2) is 10.1 Å². The number of imidazole rings is 1. The summed E-state index contributed by atoms with van der Waals surface area (Å²) in [7, 11) is 0. The molecule has 0 fully saturated rings. The maximum Gasteiger partial charge on any atom is 0.184 e. The summed E-state index contributed by atoms with van der Waals surface area (Å²) < 4.78 is 5.43. The molecule has 0 aliphatic carbocycles. The van der Waals surface area contributed by atoms with E-state index < -0.39 is 0 Å². The zero-order valence-corrected chi connectivity index (χ0v) is 9.58. The van der Waals surface area contributed by atoms with Crippen molar-refractivity contribution in [2.75, 3.05) is 0 Å². The van der Waals surface area contributed by atoms with Gasteiger partial charge in [-0.2, -0.15) is 0 Å². The molecule has 0 unspecified atom stereocenters. The summed E-state index contributed by atoms with van der Waals surface area (Å²) in [6, 6.07) is 5.73. The van der Waals surface area contributed by atoms with Crippen LogP contribution in [0.25, 0.3) is 33.7 Å². The SMILES string of the molecule is [c]1oc2cccc(-c3ncc[nH]3)c2c1-c1nnn[nH]1. The third-order valence-electron chi connectivity index (χ3n) is 2.87. The molecule has 91 valence electrons. The van der Waals surface area contributed by atoms with Gasteiger partial charge in [0.15, 0.2) is 12.1 Å². The van der Waals surface area contributed by atoms with Gasteiger partial charge in [0.1, 0.15) is 11.4 Å². The molecule has 0 bridgehead atoms. The summed E-state index contributed by atoms with van der Waals surface area (Å²) in [5.41, 5.74) is 2.31. The minimum Gasteiger partial charge on any atom is -0.452 e. The van der Waals surface area contributed by atoms with Crippen molar-refractivity contribution in [1.82, 2.24) is 30.6 Å².